The molecule has 1 aromatic heterocycles. The summed E-state index contributed by atoms with van der Waals surface area (Å²) < 4.78 is 15.8. The molecule has 1 N–H and O–H groups in total. The monoisotopic (exact) mass is 285 g/mol. The van der Waals surface area contributed by atoms with Gasteiger partial charge in [0.1, 0.15) is 11.5 Å². The van der Waals surface area contributed by atoms with Crippen molar-refractivity contribution in [2.75, 3.05) is 0 Å². The van der Waals surface area contributed by atoms with Crippen molar-refractivity contribution in [3.8, 4) is 0 Å². The minimum Gasteiger partial charge on any atom is -0.477 e. The predicted molar refractivity (Wildman–Crippen MR) is 62.2 cm³/mol. The average Bonchev–Trinajstić information content (AvgIpc) is 2.56. The highest BCUT2D eigenvalue weighted by Crippen LogP contribution is 2.26. The van der Waals surface area contributed by atoms with Crippen LogP contribution in [0.15, 0.2) is 22.7 Å². The fourth-order valence-electron chi connectivity index (χ4n) is 1.83. The number of hydrogen-bond donors (Lipinski definition) is 1. The van der Waals surface area contributed by atoms with Gasteiger partial charge in [-0.15, -0.1) is 0 Å². The van der Waals surface area contributed by atoms with Gasteiger partial charge >= 0.3 is 5.97 Å². The van der Waals surface area contributed by atoms with Crippen molar-refractivity contribution in [3.63, 3.8) is 0 Å². The number of carboxylic acid groups (broad SMARTS) is 1. The van der Waals surface area contributed by atoms with Crippen LogP contribution in [0.2, 0.25) is 0 Å². The second-order valence-corrected chi connectivity index (χ2v) is 4.32. The third kappa shape index (κ3) is 1.61. The van der Waals surface area contributed by atoms with Crippen LogP contribution in [0, 0.1) is 5.82 Å². The smallest absolute Gasteiger partial charge is 0.352 e. The maximum absolute atomic E-state index is 13.7. The lowest BCUT2D eigenvalue weighted by molar-refractivity contribution is 0.0686. The van der Waals surface area contributed by atoms with Gasteiger partial charge in [0.25, 0.3) is 0 Å². The Balaban J connectivity index is 2.87. The summed E-state index contributed by atoms with van der Waals surface area (Å²) in [5.74, 6) is -1.47. The van der Waals surface area contributed by atoms with Crippen molar-refractivity contribution in [1.82, 2.24) is 4.57 Å². The molecule has 0 aliphatic rings. The second kappa shape index (κ2) is 3.90. The van der Waals surface area contributed by atoms with Gasteiger partial charge in [-0.2, -0.15) is 0 Å². The largest absolute Gasteiger partial charge is 0.477 e. The zero-order chi connectivity index (χ0) is 11.9. The molecule has 0 spiro atoms. The first kappa shape index (κ1) is 11.1. The van der Waals surface area contributed by atoms with Crippen molar-refractivity contribution < 1.29 is 14.3 Å². The first-order valence-electron chi connectivity index (χ1n) is 4.76. The van der Waals surface area contributed by atoms with Crippen LogP contribution in [-0.4, -0.2) is 15.6 Å². The third-order valence-corrected chi connectivity index (χ3v) is 2.90. The minimum atomic E-state index is -1.05. The molecule has 0 saturated carbocycles. The van der Waals surface area contributed by atoms with Gasteiger partial charge in [0.05, 0.1) is 5.52 Å². The summed E-state index contributed by atoms with van der Waals surface area (Å²) in [6.45, 7) is 2.21. The number of benzene rings is 1. The molecule has 1 heterocycles. The van der Waals surface area contributed by atoms with Gasteiger partial charge in [-0.1, -0.05) is 15.9 Å². The van der Waals surface area contributed by atoms with Gasteiger partial charge in [0.2, 0.25) is 0 Å². The first-order chi connectivity index (χ1) is 7.54. The molecule has 0 bridgehead atoms. The molecular weight excluding hydrogens is 277 g/mol. The lowest BCUT2D eigenvalue weighted by Crippen LogP contribution is -2.07. The molecule has 84 valence electrons. The van der Waals surface area contributed by atoms with Gasteiger partial charge in [-0.25, -0.2) is 9.18 Å². The molecule has 2 aromatic rings. The molecule has 5 heteroatoms. The summed E-state index contributed by atoms with van der Waals surface area (Å²) in [5, 5.41) is 9.59. The van der Waals surface area contributed by atoms with Crippen LogP contribution in [0.1, 0.15) is 17.4 Å². The minimum absolute atomic E-state index is 0.106. The number of rotatable bonds is 2. The van der Waals surface area contributed by atoms with Gasteiger partial charge in [-0.05, 0) is 25.1 Å². The van der Waals surface area contributed by atoms with Crippen molar-refractivity contribution in [3.05, 3.63) is 34.2 Å². The highest BCUT2D eigenvalue weighted by Gasteiger charge is 2.16. The fraction of sp³-hybridized carbons (Fsp3) is 0.182. The SMILES string of the molecule is CCn1c(C(=O)O)cc2cc(Br)cc(F)c21. The van der Waals surface area contributed by atoms with Crippen LogP contribution >= 0.6 is 15.9 Å². The molecule has 1 aromatic carbocycles. The summed E-state index contributed by atoms with van der Waals surface area (Å²) >= 11 is 3.18. The van der Waals surface area contributed by atoms with Crippen LogP contribution in [0.3, 0.4) is 0 Å². The molecular formula is C11H9BrFNO2. The molecule has 0 aliphatic carbocycles. The van der Waals surface area contributed by atoms with E-state index in [2.05, 4.69) is 15.9 Å². The summed E-state index contributed by atoms with van der Waals surface area (Å²) in [6.07, 6.45) is 0. The van der Waals surface area contributed by atoms with Crippen LogP contribution in [-0.2, 0) is 6.54 Å². The summed E-state index contributed by atoms with van der Waals surface area (Å²) in [6, 6.07) is 4.52. The van der Waals surface area contributed by atoms with E-state index in [1.165, 1.54) is 16.7 Å². The van der Waals surface area contributed by atoms with Crippen molar-refractivity contribution in [1.29, 1.82) is 0 Å². The molecule has 0 unspecified atom stereocenters. The van der Waals surface area contributed by atoms with Crippen molar-refractivity contribution in [2.24, 2.45) is 0 Å². The number of hydrogen-bond acceptors (Lipinski definition) is 1. The van der Waals surface area contributed by atoms with E-state index in [9.17, 15) is 9.18 Å². The first-order valence-corrected chi connectivity index (χ1v) is 5.55. The molecule has 0 atom stereocenters. The van der Waals surface area contributed by atoms with E-state index in [-0.39, 0.29) is 5.69 Å². The molecule has 0 amide bonds. The molecule has 16 heavy (non-hydrogen) atoms. The number of nitrogens with zero attached hydrogens (tertiary/aromatic N) is 1. The number of carboxylic acids is 1. The lowest BCUT2D eigenvalue weighted by Gasteiger charge is -2.05. The van der Waals surface area contributed by atoms with E-state index in [1.54, 1.807) is 13.0 Å². The van der Waals surface area contributed by atoms with E-state index >= 15 is 0 Å². The number of carbonyl (C=O) groups is 1. The number of aromatic carboxylic acids is 1. The van der Waals surface area contributed by atoms with Gasteiger partial charge in [0, 0.05) is 16.4 Å². The molecule has 0 radical (unpaired) electrons. The van der Waals surface area contributed by atoms with Crippen LogP contribution in [0.25, 0.3) is 10.9 Å². The van der Waals surface area contributed by atoms with E-state index in [4.69, 9.17) is 5.11 Å². The second-order valence-electron chi connectivity index (χ2n) is 3.40. The highest BCUT2D eigenvalue weighted by molar-refractivity contribution is 9.10. The number of aryl methyl sites for hydroxylation is 1. The van der Waals surface area contributed by atoms with E-state index in [0.29, 0.717) is 21.9 Å². The van der Waals surface area contributed by atoms with E-state index < -0.39 is 11.8 Å². The third-order valence-electron chi connectivity index (χ3n) is 2.45. The van der Waals surface area contributed by atoms with Gasteiger partial charge in [0.15, 0.2) is 0 Å². The number of halogens is 2. The Morgan fingerprint density at radius 2 is 2.19 bits per heavy atom. The Hall–Kier alpha value is -1.36. The predicted octanol–water partition coefficient (Wildman–Crippen LogP) is 3.26. The Kier molecular flexibility index (Phi) is 2.71. The molecule has 0 aliphatic heterocycles. The Bertz CT molecular complexity index is 577. The average molecular weight is 286 g/mol. The topological polar surface area (TPSA) is 42.2 Å². The standard InChI is InChI=1S/C11H9BrFNO2/c1-2-14-9(11(15)16)4-6-3-7(12)5-8(13)10(6)14/h3-5H,2H2,1H3,(H,15,16). The molecule has 2 rings (SSSR count). The Morgan fingerprint density at radius 1 is 1.50 bits per heavy atom. The summed E-state index contributed by atoms with van der Waals surface area (Å²) in [4.78, 5) is 11.0. The maximum atomic E-state index is 13.7. The molecule has 0 saturated heterocycles. The quantitative estimate of drug-likeness (QED) is 0.920. The van der Waals surface area contributed by atoms with E-state index in [1.807, 2.05) is 0 Å². The Morgan fingerprint density at radius 3 is 2.75 bits per heavy atom. The molecule has 3 nitrogen and oxygen atoms in total. The van der Waals surface area contributed by atoms with E-state index in [0.717, 1.165) is 0 Å². The normalized spacial score (nSPS) is 10.9. The molecule has 0 fully saturated rings. The van der Waals surface area contributed by atoms with Crippen molar-refractivity contribution in [2.45, 2.75) is 13.5 Å². The zero-order valence-corrected chi connectivity index (χ0v) is 10.1. The highest BCUT2D eigenvalue weighted by atomic mass is 79.9. The maximum Gasteiger partial charge on any atom is 0.352 e. The van der Waals surface area contributed by atoms with Crippen LogP contribution in [0.4, 0.5) is 4.39 Å². The van der Waals surface area contributed by atoms with Crippen molar-refractivity contribution >= 4 is 32.8 Å². The number of fused-ring (bicyclic) bond motifs is 1. The van der Waals surface area contributed by atoms with Crippen LogP contribution < -0.4 is 0 Å². The van der Waals surface area contributed by atoms with Gasteiger partial charge < -0.3 is 9.67 Å². The Labute approximate surface area is 99.6 Å². The fourth-order valence-corrected chi connectivity index (χ4v) is 2.28. The lowest BCUT2D eigenvalue weighted by atomic mass is 10.2. The summed E-state index contributed by atoms with van der Waals surface area (Å²) in [5.41, 5.74) is 0.442. The summed E-state index contributed by atoms with van der Waals surface area (Å²) in [7, 11) is 0. The number of aromatic nitrogens is 1. The zero-order valence-electron chi connectivity index (χ0n) is 8.50. The van der Waals surface area contributed by atoms with Crippen LogP contribution in [0.5, 0.6) is 0 Å². The van der Waals surface area contributed by atoms with Gasteiger partial charge in [-0.3, -0.25) is 0 Å².